The Balaban J connectivity index is 1.93. The van der Waals surface area contributed by atoms with Crippen LogP contribution in [0, 0.1) is 5.41 Å². The molecule has 1 saturated carbocycles. The molecule has 0 spiro atoms. The quantitative estimate of drug-likeness (QED) is 0.856. The average molecular weight is 274 g/mol. The fraction of sp³-hybridized carbons (Fsp3) is 0.667. The monoisotopic (exact) mass is 274 g/mol. The van der Waals surface area contributed by atoms with Crippen molar-refractivity contribution in [2.24, 2.45) is 5.41 Å². The first-order chi connectivity index (χ1) is 9.54. The normalized spacial score (nSPS) is 25.2. The van der Waals surface area contributed by atoms with Gasteiger partial charge in [-0.1, -0.05) is 51.1 Å². The summed E-state index contributed by atoms with van der Waals surface area (Å²) in [6.45, 7) is 9.25. The van der Waals surface area contributed by atoms with E-state index in [4.69, 9.17) is 0 Å². The number of nitrogens with one attached hydrogen (secondary N) is 1. The van der Waals surface area contributed by atoms with Crippen LogP contribution in [0.5, 0.6) is 0 Å². The first kappa shape index (κ1) is 15.5. The Morgan fingerprint density at radius 3 is 2.60 bits per heavy atom. The summed E-state index contributed by atoms with van der Waals surface area (Å²) < 4.78 is 0. The van der Waals surface area contributed by atoms with Gasteiger partial charge in [-0.2, -0.15) is 0 Å². The van der Waals surface area contributed by atoms with Crippen LogP contribution in [-0.2, 0) is 6.42 Å². The third-order valence-electron chi connectivity index (χ3n) is 4.90. The molecule has 1 aliphatic carbocycles. The van der Waals surface area contributed by atoms with Crippen molar-refractivity contribution in [3.8, 4) is 0 Å². The lowest BCUT2D eigenvalue weighted by Crippen LogP contribution is -2.51. The number of nitrogens with zero attached hydrogens (tertiary/aromatic N) is 1. The Labute approximate surface area is 124 Å². The zero-order valence-electron chi connectivity index (χ0n) is 13.5. The van der Waals surface area contributed by atoms with Gasteiger partial charge in [0.2, 0.25) is 0 Å². The minimum Gasteiger partial charge on any atom is -0.312 e. The Morgan fingerprint density at radius 2 is 1.95 bits per heavy atom. The maximum atomic E-state index is 3.72. The molecule has 2 unspecified atom stereocenters. The number of hydrogen-bond donors (Lipinski definition) is 1. The molecule has 2 atom stereocenters. The van der Waals surface area contributed by atoms with E-state index in [-0.39, 0.29) is 0 Å². The van der Waals surface area contributed by atoms with Crippen molar-refractivity contribution >= 4 is 0 Å². The molecule has 0 heterocycles. The first-order valence-corrected chi connectivity index (χ1v) is 8.02. The molecule has 0 bridgehead atoms. The molecular formula is C18H30N2. The van der Waals surface area contributed by atoms with E-state index in [0.717, 1.165) is 19.5 Å². The Kier molecular flexibility index (Phi) is 5.22. The summed E-state index contributed by atoms with van der Waals surface area (Å²) in [5.74, 6) is 0. The van der Waals surface area contributed by atoms with E-state index < -0.39 is 0 Å². The van der Waals surface area contributed by atoms with Gasteiger partial charge in [0.1, 0.15) is 0 Å². The summed E-state index contributed by atoms with van der Waals surface area (Å²) >= 11 is 0. The van der Waals surface area contributed by atoms with Crippen LogP contribution in [0.25, 0.3) is 0 Å². The summed E-state index contributed by atoms with van der Waals surface area (Å²) in [6.07, 6.45) is 3.79. The summed E-state index contributed by atoms with van der Waals surface area (Å²) in [6, 6.07) is 12.1. The molecule has 2 rings (SSSR count). The number of benzene rings is 1. The van der Waals surface area contributed by atoms with Crippen molar-refractivity contribution in [2.45, 2.75) is 52.1 Å². The zero-order valence-corrected chi connectivity index (χ0v) is 13.5. The smallest absolute Gasteiger partial charge is 0.0274 e. The summed E-state index contributed by atoms with van der Waals surface area (Å²) in [5.41, 5.74) is 1.86. The van der Waals surface area contributed by atoms with E-state index in [1.54, 1.807) is 0 Å². The van der Waals surface area contributed by atoms with Gasteiger partial charge in [0.15, 0.2) is 0 Å². The van der Waals surface area contributed by atoms with Crippen LogP contribution in [0.1, 0.15) is 39.2 Å². The number of rotatable bonds is 6. The first-order valence-electron chi connectivity index (χ1n) is 8.02. The van der Waals surface area contributed by atoms with Gasteiger partial charge in [0.05, 0.1) is 0 Å². The van der Waals surface area contributed by atoms with Crippen molar-refractivity contribution < 1.29 is 0 Å². The van der Waals surface area contributed by atoms with Gasteiger partial charge in [0, 0.05) is 18.6 Å². The van der Waals surface area contributed by atoms with Crippen molar-refractivity contribution in [1.82, 2.24) is 10.2 Å². The van der Waals surface area contributed by atoms with E-state index >= 15 is 0 Å². The third kappa shape index (κ3) is 3.62. The predicted molar refractivity (Wildman–Crippen MR) is 87.0 cm³/mol. The Bertz CT molecular complexity index is 399. The number of likely N-dealkylation sites (N-methyl/N-ethyl adjacent to an activating group) is 2. The zero-order chi connectivity index (χ0) is 14.6. The molecule has 0 saturated heterocycles. The minimum absolute atomic E-state index is 0.418. The summed E-state index contributed by atoms with van der Waals surface area (Å²) in [7, 11) is 2.29. The molecule has 1 aliphatic rings. The molecule has 1 N–H and O–H groups in total. The molecule has 0 radical (unpaired) electrons. The van der Waals surface area contributed by atoms with Crippen molar-refractivity contribution in [2.75, 3.05) is 20.1 Å². The molecule has 2 heteroatoms. The van der Waals surface area contributed by atoms with Crippen LogP contribution < -0.4 is 5.32 Å². The highest BCUT2D eigenvalue weighted by Crippen LogP contribution is 2.39. The third-order valence-corrected chi connectivity index (χ3v) is 4.90. The van der Waals surface area contributed by atoms with Crippen molar-refractivity contribution in [3.05, 3.63) is 35.9 Å². The Morgan fingerprint density at radius 1 is 1.25 bits per heavy atom. The summed E-state index contributed by atoms with van der Waals surface area (Å²) in [4.78, 5) is 2.56. The number of hydrogen-bond acceptors (Lipinski definition) is 2. The van der Waals surface area contributed by atoms with Crippen LogP contribution in [0.15, 0.2) is 30.3 Å². The van der Waals surface area contributed by atoms with Gasteiger partial charge in [-0.25, -0.2) is 0 Å². The van der Waals surface area contributed by atoms with Crippen LogP contribution in [0.2, 0.25) is 0 Å². The van der Waals surface area contributed by atoms with Gasteiger partial charge in [0.25, 0.3) is 0 Å². The second kappa shape index (κ2) is 6.73. The molecule has 1 fully saturated rings. The standard InChI is InChI=1S/C18H30N2/c1-5-19-17-16(11-13-18(17,2)3)20(4)14-12-15-9-7-6-8-10-15/h6-10,16-17,19H,5,11-14H2,1-4H3. The van der Waals surface area contributed by atoms with Crippen LogP contribution >= 0.6 is 0 Å². The lowest BCUT2D eigenvalue weighted by molar-refractivity contribution is 0.174. The van der Waals surface area contributed by atoms with E-state index in [2.05, 4.69) is 68.4 Å². The highest BCUT2D eigenvalue weighted by Gasteiger charge is 2.42. The molecule has 0 amide bonds. The largest absolute Gasteiger partial charge is 0.312 e. The van der Waals surface area contributed by atoms with Gasteiger partial charge >= 0.3 is 0 Å². The van der Waals surface area contributed by atoms with Crippen LogP contribution in [-0.4, -0.2) is 37.1 Å². The van der Waals surface area contributed by atoms with E-state index in [0.29, 0.717) is 17.5 Å². The fourth-order valence-electron chi connectivity index (χ4n) is 3.59. The summed E-state index contributed by atoms with van der Waals surface area (Å²) in [5, 5.41) is 3.72. The van der Waals surface area contributed by atoms with Crippen molar-refractivity contribution in [1.29, 1.82) is 0 Å². The SMILES string of the molecule is CCNC1C(N(C)CCc2ccccc2)CCC1(C)C. The van der Waals surface area contributed by atoms with Gasteiger partial charge in [-0.3, -0.25) is 0 Å². The highest BCUT2D eigenvalue weighted by molar-refractivity contribution is 5.15. The van der Waals surface area contributed by atoms with E-state index in [9.17, 15) is 0 Å². The molecule has 0 aliphatic heterocycles. The second-order valence-electron chi connectivity index (χ2n) is 6.85. The molecule has 1 aromatic carbocycles. The fourth-order valence-corrected chi connectivity index (χ4v) is 3.59. The molecule has 112 valence electrons. The van der Waals surface area contributed by atoms with Crippen LogP contribution in [0.3, 0.4) is 0 Å². The highest BCUT2D eigenvalue weighted by atomic mass is 15.2. The lowest BCUT2D eigenvalue weighted by atomic mass is 9.86. The van der Waals surface area contributed by atoms with Crippen LogP contribution in [0.4, 0.5) is 0 Å². The maximum Gasteiger partial charge on any atom is 0.0274 e. The molecule has 2 nitrogen and oxygen atoms in total. The molecule has 20 heavy (non-hydrogen) atoms. The van der Waals surface area contributed by atoms with E-state index in [1.165, 1.54) is 18.4 Å². The predicted octanol–water partition coefficient (Wildman–Crippen LogP) is 3.33. The molecule has 0 aromatic heterocycles. The van der Waals surface area contributed by atoms with Gasteiger partial charge in [-0.15, -0.1) is 0 Å². The maximum absolute atomic E-state index is 3.72. The van der Waals surface area contributed by atoms with Crippen molar-refractivity contribution in [3.63, 3.8) is 0 Å². The lowest BCUT2D eigenvalue weighted by Gasteiger charge is -2.36. The van der Waals surface area contributed by atoms with Gasteiger partial charge < -0.3 is 10.2 Å². The second-order valence-corrected chi connectivity index (χ2v) is 6.85. The molecular weight excluding hydrogens is 244 g/mol. The molecule has 1 aromatic rings. The van der Waals surface area contributed by atoms with Gasteiger partial charge in [-0.05, 0) is 43.8 Å². The topological polar surface area (TPSA) is 15.3 Å². The van der Waals surface area contributed by atoms with E-state index in [1.807, 2.05) is 0 Å². The Hall–Kier alpha value is -0.860. The average Bonchev–Trinajstić information content (AvgIpc) is 2.74. The minimum atomic E-state index is 0.418.